The molecule has 5 rings (SSSR count). The monoisotopic (exact) mass is 465 g/mol. The molecule has 0 radical (unpaired) electrons. The molecule has 2 N–H and O–H groups in total. The van der Waals surface area contributed by atoms with Crippen molar-refractivity contribution in [3.8, 4) is 0 Å². The van der Waals surface area contributed by atoms with E-state index in [9.17, 15) is 9.59 Å². The lowest BCUT2D eigenvalue weighted by Gasteiger charge is -2.31. The van der Waals surface area contributed by atoms with E-state index >= 15 is 0 Å². The zero-order chi connectivity index (χ0) is 23.4. The first-order valence-electron chi connectivity index (χ1n) is 11.6. The number of amides is 2. The Bertz CT molecular complexity index is 1160. The summed E-state index contributed by atoms with van der Waals surface area (Å²) in [6.07, 6.45) is 1.79. The minimum Gasteiger partial charge on any atom is -0.343 e. The van der Waals surface area contributed by atoms with Crippen LogP contribution in [0, 0.1) is 16.7 Å². The first-order valence-corrected chi connectivity index (χ1v) is 12.5. The topological polar surface area (TPSA) is 91.0 Å². The number of rotatable bonds is 5. The van der Waals surface area contributed by atoms with Crippen LogP contribution in [0.1, 0.15) is 67.8 Å². The number of fused-ring (bicyclic) bond motifs is 1. The summed E-state index contributed by atoms with van der Waals surface area (Å²) in [5, 5.41) is 5.73. The number of para-hydroxylation sites is 2. The van der Waals surface area contributed by atoms with Gasteiger partial charge in [0.05, 0.1) is 22.6 Å². The highest BCUT2D eigenvalue weighted by atomic mass is 32.1. The van der Waals surface area contributed by atoms with Crippen LogP contribution in [-0.2, 0) is 11.3 Å². The largest absolute Gasteiger partial charge is 0.343 e. The Hall–Kier alpha value is -2.74. The molecule has 0 unspecified atom stereocenters. The summed E-state index contributed by atoms with van der Waals surface area (Å²) < 4.78 is 0. The molecular weight excluding hydrogens is 434 g/mol. The Morgan fingerprint density at radius 1 is 1.12 bits per heavy atom. The van der Waals surface area contributed by atoms with Crippen LogP contribution in [0.4, 0.5) is 0 Å². The number of piperidine rings is 1. The van der Waals surface area contributed by atoms with Crippen molar-refractivity contribution in [3.63, 3.8) is 0 Å². The predicted molar refractivity (Wildman–Crippen MR) is 129 cm³/mol. The van der Waals surface area contributed by atoms with Crippen LogP contribution >= 0.6 is 11.3 Å². The van der Waals surface area contributed by atoms with Gasteiger partial charge in [0, 0.05) is 30.3 Å². The second kappa shape index (κ2) is 7.94. The van der Waals surface area contributed by atoms with Crippen molar-refractivity contribution in [1.29, 1.82) is 0 Å². The van der Waals surface area contributed by atoms with Crippen molar-refractivity contribution in [2.45, 2.75) is 53.0 Å². The maximum Gasteiger partial charge on any atom is 0.271 e. The van der Waals surface area contributed by atoms with Gasteiger partial charge in [0.15, 0.2) is 0 Å². The van der Waals surface area contributed by atoms with Gasteiger partial charge in [-0.05, 0) is 35.8 Å². The van der Waals surface area contributed by atoms with Gasteiger partial charge in [0.2, 0.25) is 5.91 Å². The first-order chi connectivity index (χ1) is 15.7. The highest BCUT2D eigenvalue weighted by Crippen LogP contribution is 2.68. The van der Waals surface area contributed by atoms with E-state index in [0.29, 0.717) is 24.1 Å². The minimum absolute atomic E-state index is 0.0703. The molecule has 3 aromatic rings. The third kappa shape index (κ3) is 3.84. The number of benzene rings is 1. The smallest absolute Gasteiger partial charge is 0.271 e. The zero-order valence-corrected chi connectivity index (χ0v) is 20.5. The standard InChI is InChI=1S/C25H31N5O2S/c1-24(2)20(25(24,3)4)23(32)30-11-9-15(10-12-30)22-29-18(14-33-22)21(31)26-13-19-27-16-7-5-6-8-17(16)28-19/h5-8,14-15,20H,9-13H2,1-4H3,(H,26,31)(H,27,28). The van der Waals surface area contributed by atoms with Gasteiger partial charge in [-0.2, -0.15) is 0 Å². The summed E-state index contributed by atoms with van der Waals surface area (Å²) in [6, 6.07) is 7.80. The van der Waals surface area contributed by atoms with Crippen molar-refractivity contribution in [3.05, 3.63) is 46.2 Å². The summed E-state index contributed by atoms with van der Waals surface area (Å²) in [5.74, 6) is 1.25. The van der Waals surface area contributed by atoms with E-state index in [-0.39, 0.29) is 22.7 Å². The molecule has 2 aromatic heterocycles. The first kappa shape index (κ1) is 22.1. The number of thiazole rings is 1. The zero-order valence-electron chi connectivity index (χ0n) is 19.6. The summed E-state index contributed by atoms with van der Waals surface area (Å²) in [5.41, 5.74) is 2.43. The molecule has 2 fully saturated rings. The van der Waals surface area contributed by atoms with Crippen LogP contribution in [0.3, 0.4) is 0 Å². The fourth-order valence-corrected chi connectivity index (χ4v) is 6.24. The molecule has 1 saturated heterocycles. The van der Waals surface area contributed by atoms with Crippen molar-refractivity contribution >= 4 is 34.2 Å². The number of H-pyrrole nitrogens is 1. The molecule has 174 valence electrons. The van der Waals surface area contributed by atoms with E-state index in [0.717, 1.165) is 47.8 Å². The maximum absolute atomic E-state index is 13.0. The molecule has 0 spiro atoms. The molecule has 0 atom stereocenters. The average molecular weight is 466 g/mol. The quantitative estimate of drug-likeness (QED) is 0.586. The van der Waals surface area contributed by atoms with E-state index in [4.69, 9.17) is 0 Å². The van der Waals surface area contributed by atoms with Crippen molar-refractivity contribution in [2.75, 3.05) is 13.1 Å². The molecule has 8 heteroatoms. The summed E-state index contributed by atoms with van der Waals surface area (Å²) >= 11 is 1.54. The van der Waals surface area contributed by atoms with Gasteiger partial charge < -0.3 is 15.2 Å². The van der Waals surface area contributed by atoms with Gasteiger partial charge in [-0.1, -0.05) is 39.8 Å². The lowest BCUT2D eigenvalue weighted by Crippen LogP contribution is -2.40. The number of nitrogens with zero attached hydrogens (tertiary/aromatic N) is 3. The molecule has 1 aromatic carbocycles. The number of carbonyl (C=O) groups is 2. The molecular formula is C25H31N5O2S. The third-order valence-electron chi connectivity index (χ3n) is 8.03. The van der Waals surface area contributed by atoms with Gasteiger partial charge in [-0.15, -0.1) is 11.3 Å². The fraction of sp³-hybridized carbons (Fsp3) is 0.520. The summed E-state index contributed by atoms with van der Waals surface area (Å²) in [4.78, 5) is 40.0. The van der Waals surface area contributed by atoms with Crippen LogP contribution in [0.5, 0.6) is 0 Å². The molecule has 2 aliphatic rings. The molecule has 2 amide bonds. The van der Waals surface area contributed by atoms with E-state index in [2.05, 4.69) is 48.0 Å². The predicted octanol–water partition coefficient (Wildman–Crippen LogP) is 4.34. The number of aromatic amines is 1. The lowest BCUT2D eigenvalue weighted by atomic mass is 9.96. The van der Waals surface area contributed by atoms with Gasteiger partial charge >= 0.3 is 0 Å². The number of nitrogens with one attached hydrogen (secondary N) is 2. The van der Waals surface area contributed by atoms with Crippen LogP contribution in [-0.4, -0.2) is 44.8 Å². The Morgan fingerprint density at radius 3 is 2.48 bits per heavy atom. The number of likely N-dealkylation sites (tertiary alicyclic amines) is 1. The summed E-state index contributed by atoms with van der Waals surface area (Å²) in [6.45, 7) is 10.6. The van der Waals surface area contributed by atoms with Gasteiger partial charge in [-0.3, -0.25) is 9.59 Å². The van der Waals surface area contributed by atoms with Crippen LogP contribution in [0.2, 0.25) is 0 Å². The molecule has 1 aliphatic heterocycles. The average Bonchev–Trinajstić information content (AvgIpc) is 3.26. The molecule has 1 aliphatic carbocycles. The Balaban J connectivity index is 1.15. The second-order valence-electron chi connectivity index (χ2n) is 10.4. The molecule has 33 heavy (non-hydrogen) atoms. The van der Waals surface area contributed by atoms with E-state index in [1.165, 1.54) is 11.3 Å². The molecule has 3 heterocycles. The molecule has 7 nitrogen and oxygen atoms in total. The van der Waals surface area contributed by atoms with Gasteiger partial charge in [-0.25, -0.2) is 9.97 Å². The number of imidazole rings is 1. The molecule has 1 saturated carbocycles. The SMILES string of the molecule is CC1(C)C(C(=O)N2CCC(c3nc(C(=O)NCc4nc5ccccc5[nH]4)cs3)CC2)C1(C)C. The minimum atomic E-state index is -0.191. The van der Waals surface area contributed by atoms with E-state index < -0.39 is 0 Å². The third-order valence-corrected chi connectivity index (χ3v) is 9.04. The number of carbonyl (C=O) groups excluding carboxylic acids is 2. The number of aromatic nitrogens is 3. The highest BCUT2D eigenvalue weighted by Gasteiger charge is 2.68. The van der Waals surface area contributed by atoms with Crippen LogP contribution < -0.4 is 5.32 Å². The van der Waals surface area contributed by atoms with Crippen molar-refractivity contribution in [2.24, 2.45) is 16.7 Å². The normalized spacial score (nSPS) is 20.2. The Morgan fingerprint density at radius 2 is 1.82 bits per heavy atom. The number of hydrogen-bond acceptors (Lipinski definition) is 5. The van der Waals surface area contributed by atoms with E-state index in [1.54, 1.807) is 0 Å². The fourth-order valence-electron chi connectivity index (χ4n) is 5.27. The van der Waals surface area contributed by atoms with Crippen LogP contribution in [0.15, 0.2) is 29.6 Å². The van der Waals surface area contributed by atoms with Crippen molar-refractivity contribution < 1.29 is 9.59 Å². The van der Waals surface area contributed by atoms with Gasteiger partial charge in [0.25, 0.3) is 5.91 Å². The highest BCUT2D eigenvalue weighted by molar-refractivity contribution is 7.09. The van der Waals surface area contributed by atoms with Gasteiger partial charge in [0.1, 0.15) is 11.5 Å². The Labute approximate surface area is 198 Å². The Kier molecular flexibility index (Phi) is 5.31. The van der Waals surface area contributed by atoms with E-state index in [1.807, 2.05) is 34.5 Å². The van der Waals surface area contributed by atoms with Crippen molar-refractivity contribution in [1.82, 2.24) is 25.2 Å². The van der Waals surface area contributed by atoms with Crippen LogP contribution in [0.25, 0.3) is 11.0 Å². The number of hydrogen-bond donors (Lipinski definition) is 2. The summed E-state index contributed by atoms with van der Waals surface area (Å²) in [7, 11) is 0. The lowest BCUT2D eigenvalue weighted by molar-refractivity contribution is -0.134. The molecule has 0 bridgehead atoms. The second-order valence-corrected chi connectivity index (χ2v) is 11.3. The maximum atomic E-state index is 13.0.